The molecule has 6 heteroatoms. The molecule has 0 spiro atoms. The van der Waals surface area contributed by atoms with Gasteiger partial charge in [-0.1, -0.05) is 47.7 Å². The smallest absolute Gasteiger partial charge is 0.268 e. The highest BCUT2D eigenvalue weighted by atomic mass is 32.2. The van der Waals surface area contributed by atoms with Crippen molar-refractivity contribution in [3.05, 3.63) is 53.9 Å². The Morgan fingerprint density at radius 3 is 2.58 bits per heavy atom. The van der Waals surface area contributed by atoms with Gasteiger partial charge in [-0.15, -0.1) is 11.3 Å². The molecular formula is C18H15N2OS3+. The number of rotatable bonds is 3. The number of hydrogen-bond acceptors (Lipinski definition) is 5. The maximum absolute atomic E-state index is 10.1. The highest BCUT2D eigenvalue weighted by Gasteiger charge is 2.26. The highest BCUT2D eigenvalue weighted by Crippen LogP contribution is 2.43. The summed E-state index contributed by atoms with van der Waals surface area (Å²) >= 11 is 2.28. The number of nitrogens with two attached hydrogens (primary N) is 1. The van der Waals surface area contributed by atoms with E-state index in [4.69, 9.17) is 10.7 Å². The number of fused-ring (bicyclic) bond motifs is 1. The zero-order valence-corrected chi connectivity index (χ0v) is 15.3. The van der Waals surface area contributed by atoms with Crippen LogP contribution in [-0.4, -0.2) is 15.8 Å². The van der Waals surface area contributed by atoms with Gasteiger partial charge in [0.25, 0.3) is 4.21 Å². The summed E-state index contributed by atoms with van der Waals surface area (Å²) in [6.07, 6.45) is 1.77. The molecule has 0 fully saturated rings. The van der Waals surface area contributed by atoms with Crippen molar-refractivity contribution in [1.82, 2.24) is 4.98 Å². The number of hydrogen-bond donors (Lipinski definition) is 2. The minimum absolute atomic E-state index is 0.646. The predicted molar refractivity (Wildman–Crippen MR) is 107 cm³/mol. The van der Waals surface area contributed by atoms with Crippen molar-refractivity contribution in [3.63, 3.8) is 0 Å². The van der Waals surface area contributed by atoms with Crippen molar-refractivity contribution in [1.29, 1.82) is 0 Å². The molecule has 3 nitrogen and oxygen atoms in total. The number of nitrogen functional groups attached to an aromatic ring is 1. The lowest BCUT2D eigenvalue weighted by Crippen LogP contribution is -1.98. The Morgan fingerprint density at radius 2 is 1.92 bits per heavy atom. The topological polar surface area (TPSA) is 59.1 Å². The van der Waals surface area contributed by atoms with Gasteiger partial charge in [0.2, 0.25) is 0 Å². The fourth-order valence-corrected chi connectivity index (χ4v) is 5.40. The van der Waals surface area contributed by atoms with Gasteiger partial charge in [0.1, 0.15) is 16.8 Å². The van der Waals surface area contributed by atoms with Gasteiger partial charge in [-0.25, -0.2) is 4.98 Å². The first kappa shape index (κ1) is 15.7. The molecule has 0 aliphatic rings. The first-order valence-electron chi connectivity index (χ1n) is 7.32. The van der Waals surface area contributed by atoms with Gasteiger partial charge in [0.15, 0.2) is 11.2 Å². The third kappa shape index (κ3) is 2.61. The Labute approximate surface area is 151 Å². The highest BCUT2D eigenvalue weighted by molar-refractivity contribution is 7.93. The number of nitrogens with zero attached hydrogens (tertiary/aromatic N) is 1. The Morgan fingerprint density at radius 1 is 1.12 bits per heavy atom. The third-order valence-corrected chi connectivity index (χ3v) is 7.31. The van der Waals surface area contributed by atoms with Crippen LogP contribution in [0.2, 0.25) is 0 Å². The lowest BCUT2D eigenvalue weighted by molar-refractivity contribution is 0.647. The Kier molecular flexibility index (Phi) is 4.05. The van der Waals surface area contributed by atoms with Crippen LogP contribution < -0.4 is 5.73 Å². The van der Waals surface area contributed by atoms with Gasteiger partial charge < -0.3 is 5.73 Å². The van der Waals surface area contributed by atoms with Gasteiger partial charge in [-0.2, -0.15) is 4.55 Å². The number of benzene rings is 1. The summed E-state index contributed by atoms with van der Waals surface area (Å²) in [5, 5.41) is 2.99. The van der Waals surface area contributed by atoms with Crippen LogP contribution in [0.25, 0.3) is 31.9 Å². The van der Waals surface area contributed by atoms with Crippen molar-refractivity contribution in [2.24, 2.45) is 0 Å². The molecule has 3 heterocycles. The molecule has 0 saturated heterocycles. The molecule has 0 radical (unpaired) electrons. The summed E-state index contributed by atoms with van der Waals surface area (Å²) in [6, 6.07) is 16.4. The monoisotopic (exact) mass is 371 g/mol. The fraction of sp³-hybridized carbons (Fsp3) is 0.0556. The average molecular weight is 372 g/mol. The van der Waals surface area contributed by atoms with Crippen molar-refractivity contribution in [2.75, 3.05) is 12.0 Å². The number of aromatic nitrogens is 1. The minimum Gasteiger partial charge on any atom is -0.393 e. The van der Waals surface area contributed by atoms with Crippen molar-refractivity contribution >= 4 is 49.8 Å². The van der Waals surface area contributed by atoms with E-state index in [0.29, 0.717) is 5.69 Å². The van der Waals surface area contributed by atoms with Crippen molar-refractivity contribution in [3.8, 4) is 21.7 Å². The van der Waals surface area contributed by atoms with Gasteiger partial charge >= 0.3 is 0 Å². The Bertz CT molecular complexity index is 992. The van der Waals surface area contributed by atoms with E-state index >= 15 is 0 Å². The predicted octanol–water partition coefficient (Wildman–Crippen LogP) is 5.35. The second kappa shape index (κ2) is 6.22. The summed E-state index contributed by atoms with van der Waals surface area (Å²) in [4.78, 5) is 6.81. The van der Waals surface area contributed by atoms with Crippen LogP contribution in [0.4, 0.5) is 5.69 Å². The molecule has 0 aliphatic carbocycles. The van der Waals surface area contributed by atoms with Crippen molar-refractivity contribution < 1.29 is 4.55 Å². The van der Waals surface area contributed by atoms with E-state index in [-0.39, 0.29) is 0 Å². The average Bonchev–Trinajstić information content (AvgIpc) is 3.23. The molecule has 1 aromatic carbocycles. The largest absolute Gasteiger partial charge is 0.393 e. The molecule has 3 N–H and O–H groups in total. The van der Waals surface area contributed by atoms with Gasteiger partial charge in [0.05, 0.1) is 10.6 Å². The summed E-state index contributed by atoms with van der Waals surface area (Å²) in [5.74, 6) is 0. The van der Waals surface area contributed by atoms with Gasteiger partial charge in [-0.3, -0.25) is 0 Å². The zero-order valence-electron chi connectivity index (χ0n) is 12.9. The van der Waals surface area contributed by atoms with Crippen LogP contribution in [0.3, 0.4) is 0 Å². The molecule has 1 atom stereocenters. The number of thiophene rings is 2. The van der Waals surface area contributed by atoms with E-state index < -0.39 is 11.2 Å². The summed E-state index contributed by atoms with van der Waals surface area (Å²) in [6.45, 7) is 0. The number of anilines is 1. The maximum Gasteiger partial charge on any atom is 0.268 e. The van der Waals surface area contributed by atoms with Crippen LogP contribution in [0.5, 0.6) is 0 Å². The Balaban J connectivity index is 2.06. The van der Waals surface area contributed by atoms with E-state index in [1.807, 2.05) is 24.3 Å². The molecule has 1 unspecified atom stereocenters. The second-order valence-electron chi connectivity index (χ2n) is 5.36. The normalized spacial score (nSPS) is 12.6. The molecular weight excluding hydrogens is 356 g/mol. The van der Waals surface area contributed by atoms with Crippen LogP contribution in [-0.2, 0) is 11.2 Å². The van der Waals surface area contributed by atoms with E-state index in [1.165, 1.54) is 11.3 Å². The van der Waals surface area contributed by atoms with E-state index in [2.05, 4.69) is 29.6 Å². The summed E-state index contributed by atoms with van der Waals surface area (Å²) in [7, 11) is 0. The Hall–Kier alpha value is -1.86. The van der Waals surface area contributed by atoms with E-state index in [1.54, 1.807) is 17.6 Å². The molecule has 0 bridgehead atoms. The lowest BCUT2D eigenvalue weighted by Gasteiger charge is -2.07. The fourth-order valence-electron chi connectivity index (χ4n) is 2.72. The first-order valence-corrected chi connectivity index (χ1v) is 10.6. The minimum atomic E-state index is -0.875. The zero-order chi connectivity index (χ0) is 16.7. The molecule has 120 valence electrons. The first-order chi connectivity index (χ1) is 11.6. The SMILES string of the molecule is C[S+](O)c1sc2nc(-c3cccs3)cc(-c3ccccc3)c2c1N. The second-order valence-corrected chi connectivity index (χ2v) is 8.93. The molecule has 24 heavy (non-hydrogen) atoms. The molecule has 0 aliphatic heterocycles. The quantitative estimate of drug-likeness (QED) is 0.477. The lowest BCUT2D eigenvalue weighted by atomic mass is 10.0. The van der Waals surface area contributed by atoms with Crippen LogP contribution in [0.15, 0.2) is 58.1 Å². The van der Waals surface area contributed by atoms with Crippen LogP contribution in [0, 0.1) is 0 Å². The van der Waals surface area contributed by atoms with Crippen LogP contribution in [0.1, 0.15) is 0 Å². The van der Waals surface area contributed by atoms with E-state index in [9.17, 15) is 4.55 Å². The molecule has 4 rings (SSSR count). The molecule has 4 aromatic rings. The molecule has 3 aromatic heterocycles. The van der Waals surface area contributed by atoms with E-state index in [0.717, 1.165) is 36.1 Å². The van der Waals surface area contributed by atoms with Crippen molar-refractivity contribution in [2.45, 2.75) is 4.21 Å². The molecule has 0 amide bonds. The van der Waals surface area contributed by atoms with Crippen LogP contribution >= 0.6 is 22.7 Å². The summed E-state index contributed by atoms with van der Waals surface area (Å²) < 4.78 is 10.9. The number of pyridine rings is 1. The summed E-state index contributed by atoms with van der Waals surface area (Å²) in [5.41, 5.74) is 10.1. The maximum atomic E-state index is 10.1. The van der Waals surface area contributed by atoms with Gasteiger partial charge in [-0.05, 0) is 28.6 Å². The molecule has 0 saturated carbocycles. The standard InChI is InChI=1S/C18H15N2OS3/c1-24(21)18-16(19)15-12(11-6-3-2-4-7-11)10-13(20-17(15)23-18)14-8-5-9-22-14/h2-10,21H,19H2,1H3/q+1. The third-order valence-electron chi connectivity index (χ3n) is 3.79. The van der Waals surface area contributed by atoms with Gasteiger partial charge in [0, 0.05) is 5.39 Å².